The van der Waals surface area contributed by atoms with Crippen molar-refractivity contribution in [3.8, 4) is 11.4 Å². The number of hydrogen-bond donors (Lipinski definition) is 0. The summed E-state index contributed by atoms with van der Waals surface area (Å²) in [6, 6.07) is 20.4. The second kappa shape index (κ2) is 10.6. The van der Waals surface area contributed by atoms with Gasteiger partial charge in [0.1, 0.15) is 5.82 Å². The van der Waals surface area contributed by atoms with E-state index in [1.54, 1.807) is 6.20 Å². The van der Waals surface area contributed by atoms with Crippen molar-refractivity contribution in [3.63, 3.8) is 0 Å². The van der Waals surface area contributed by atoms with Crippen LogP contribution in [0.2, 0.25) is 0 Å². The fraction of sp³-hybridized carbons (Fsp3) is 0.406. The Kier molecular flexibility index (Phi) is 6.88. The number of carbonyl (C=O) groups is 1. The molecule has 2 aromatic carbocycles. The van der Waals surface area contributed by atoms with Crippen molar-refractivity contribution < 1.29 is 4.79 Å². The van der Waals surface area contributed by atoms with E-state index in [1.807, 2.05) is 30.3 Å². The number of aromatic nitrogens is 3. The molecule has 37 heavy (non-hydrogen) atoms. The summed E-state index contributed by atoms with van der Waals surface area (Å²) in [5.74, 6) is 2.65. The van der Waals surface area contributed by atoms with Gasteiger partial charge in [0.05, 0.1) is 11.2 Å². The molecule has 4 aromatic rings. The van der Waals surface area contributed by atoms with Gasteiger partial charge in [-0.15, -0.1) is 0 Å². The molecule has 0 unspecified atom stereocenters. The minimum atomic E-state index is 0.274. The molecule has 1 saturated carbocycles. The number of fused-ring (bicyclic) bond motifs is 2. The lowest BCUT2D eigenvalue weighted by Crippen LogP contribution is -2.33. The zero-order valence-electron chi connectivity index (χ0n) is 21.8. The van der Waals surface area contributed by atoms with Gasteiger partial charge in [0.2, 0.25) is 0 Å². The molecule has 0 N–H and O–H groups in total. The van der Waals surface area contributed by atoms with Crippen LogP contribution >= 0.6 is 0 Å². The van der Waals surface area contributed by atoms with Gasteiger partial charge in [-0.2, -0.15) is 0 Å². The van der Waals surface area contributed by atoms with Crippen LogP contribution in [0.15, 0.2) is 66.9 Å². The van der Waals surface area contributed by atoms with Crippen LogP contribution in [0, 0.1) is 11.8 Å². The van der Waals surface area contributed by atoms with Crippen LogP contribution in [0.3, 0.4) is 0 Å². The quantitative estimate of drug-likeness (QED) is 0.278. The number of rotatable bonds is 7. The molecule has 0 radical (unpaired) electrons. The summed E-state index contributed by atoms with van der Waals surface area (Å²) in [5.41, 5.74) is 5.57. The third-order valence-electron chi connectivity index (χ3n) is 8.61. The molecular weight excluding hydrogens is 456 g/mol. The Morgan fingerprint density at radius 3 is 2.59 bits per heavy atom. The molecule has 0 atom stereocenters. The first kappa shape index (κ1) is 24.1. The molecule has 0 amide bonds. The monoisotopic (exact) mass is 492 g/mol. The predicted molar refractivity (Wildman–Crippen MR) is 148 cm³/mol. The smallest absolute Gasteiger partial charge is 0.163 e. The van der Waals surface area contributed by atoms with Gasteiger partial charge in [0.15, 0.2) is 5.78 Å². The maximum absolute atomic E-state index is 13.1. The van der Waals surface area contributed by atoms with Gasteiger partial charge in [-0.1, -0.05) is 61.4 Å². The van der Waals surface area contributed by atoms with E-state index in [0.717, 1.165) is 54.3 Å². The summed E-state index contributed by atoms with van der Waals surface area (Å²) < 4.78 is 2.29. The van der Waals surface area contributed by atoms with Crippen LogP contribution in [0.5, 0.6) is 0 Å². The highest BCUT2D eigenvalue weighted by Gasteiger charge is 2.27. The highest BCUT2D eigenvalue weighted by atomic mass is 16.1. The fourth-order valence-electron chi connectivity index (χ4n) is 6.43. The number of pyridine rings is 1. The second-order valence-corrected chi connectivity index (χ2v) is 11.0. The zero-order chi connectivity index (χ0) is 25.2. The molecule has 2 aromatic heterocycles. The van der Waals surface area contributed by atoms with Crippen LogP contribution in [0.4, 0.5) is 0 Å². The van der Waals surface area contributed by atoms with Gasteiger partial charge in [0.25, 0.3) is 0 Å². The normalized spacial score (nSPS) is 20.1. The van der Waals surface area contributed by atoms with Crippen molar-refractivity contribution in [2.75, 3.05) is 13.1 Å². The standard InChI is InChI=1S/C32H36N4O/c1-35-30-17-20-36(22-29(30)34-32(35)25-7-3-2-4-8-25)19-16-23-12-14-24(15-13-23)21-31(37)27-9-5-11-28-26(27)10-6-18-33-28/h2-11,18,23-24H,12-17,19-22H2,1H3. The van der Waals surface area contributed by atoms with Crippen LogP contribution in [0.25, 0.3) is 22.3 Å². The summed E-state index contributed by atoms with van der Waals surface area (Å²) in [4.78, 5) is 25.1. The lowest BCUT2D eigenvalue weighted by molar-refractivity contribution is 0.0941. The van der Waals surface area contributed by atoms with E-state index < -0.39 is 0 Å². The molecule has 1 fully saturated rings. The molecule has 190 valence electrons. The van der Waals surface area contributed by atoms with E-state index in [9.17, 15) is 4.79 Å². The molecule has 0 spiro atoms. The first-order valence-electron chi connectivity index (χ1n) is 13.8. The summed E-state index contributed by atoms with van der Waals surface area (Å²) in [6.45, 7) is 3.22. The van der Waals surface area contributed by atoms with Gasteiger partial charge in [0, 0.05) is 61.4 Å². The van der Waals surface area contributed by atoms with Crippen LogP contribution < -0.4 is 0 Å². The third kappa shape index (κ3) is 5.10. The lowest BCUT2D eigenvalue weighted by Gasteiger charge is -2.31. The molecule has 5 heteroatoms. The number of hydrogen-bond acceptors (Lipinski definition) is 4. The summed E-state index contributed by atoms with van der Waals surface area (Å²) >= 11 is 0. The Hall–Kier alpha value is -3.31. The highest BCUT2D eigenvalue weighted by molar-refractivity contribution is 6.07. The highest BCUT2D eigenvalue weighted by Crippen LogP contribution is 2.34. The largest absolute Gasteiger partial charge is 0.331 e. The molecule has 5 nitrogen and oxygen atoms in total. The summed E-state index contributed by atoms with van der Waals surface area (Å²) in [7, 11) is 2.16. The maximum atomic E-state index is 13.1. The van der Waals surface area contributed by atoms with Crippen LogP contribution in [-0.4, -0.2) is 38.3 Å². The van der Waals surface area contributed by atoms with Crippen molar-refractivity contribution in [2.45, 2.75) is 51.5 Å². The van der Waals surface area contributed by atoms with Gasteiger partial charge in [-0.05, 0) is 49.8 Å². The number of ketones is 1. The van der Waals surface area contributed by atoms with Crippen LogP contribution in [-0.2, 0) is 20.0 Å². The molecule has 0 saturated heterocycles. The Bertz CT molecular complexity index is 1380. The van der Waals surface area contributed by atoms with E-state index in [2.05, 4.69) is 51.8 Å². The number of imidazole rings is 1. The number of nitrogens with zero attached hydrogens (tertiary/aromatic N) is 4. The lowest BCUT2D eigenvalue weighted by atomic mass is 9.78. The van der Waals surface area contributed by atoms with E-state index in [0.29, 0.717) is 12.3 Å². The number of Topliss-reactive ketones (excluding diaryl/α,β-unsaturated/α-hetero) is 1. The Morgan fingerprint density at radius 2 is 1.76 bits per heavy atom. The second-order valence-electron chi connectivity index (χ2n) is 11.0. The molecule has 1 aliphatic heterocycles. The molecule has 2 aliphatic rings. The van der Waals surface area contributed by atoms with Crippen LogP contribution in [0.1, 0.15) is 60.3 Å². The Balaban J connectivity index is 0.995. The summed E-state index contributed by atoms with van der Waals surface area (Å²) in [5, 5.41) is 0.983. The molecule has 6 rings (SSSR count). The van der Waals surface area contributed by atoms with E-state index in [4.69, 9.17) is 4.98 Å². The minimum Gasteiger partial charge on any atom is -0.331 e. The molecular formula is C32H36N4O. The van der Waals surface area contributed by atoms with E-state index >= 15 is 0 Å². The average molecular weight is 493 g/mol. The van der Waals surface area contributed by atoms with E-state index in [-0.39, 0.29) is 5.78 Å². The first-order chi connectivity index (χ1) is 18.2. The van der Waals surface area contributed by atoms with Gasteiger partial charge >= 0.3 is 0 Å². The maximum Gasteiger partial charge on any atom is 0.163 e. The first-order valence-corrected chi connectivity index (χ1v) is 13.8. The minimum absolute atomic E-state index is 0.274. The van der Waals surface area contributed by atoms with Crippen molar-refractivity contribution >= 4 is 16.7 Å². The number of carbonyl (C=O) groups excluding carboxylic acids is 1. The fourth-order valence-corrected chi connectivity index (χ4v) is 6.43. The average Bonchev–Trinajstić information content (AvgIpc) is 3.28. The topological polar surface area (TPSA) is 51.0 Å². The van der Waals surface area contributed by atoms with Crippen molar-refractivity contribution in [1.29, 1.82) is 0 Å². The SMILES string of the molecule is Cn1c(-c2ccccc2)nc2c1CCN(CCC1CCC(CC(=O)c3cccc4ncccc34)CC1)C2. The Labute approximate surface area is 219 Å². The molecule has 1 aliphatic carbocycles. The summed E-state index contributed by atoms with van der Waals surface area (Å²) in [6.07, 6.45) is 9.62. The van der Waals surface area contributed by atoms with Crippen molar-refractivity contribution in [2.24, 2.45) is 18.9 Å². The van der Waals surface area contributed by atoms with Crippen molar-refractivity contribution in [3.05, 3.63) is 83.8 Å². The predicted octanol–water partition coefficient (Wildman–Crippen LogP) is 6.46. The number of benzene rings is 2. The van der Waals surface area contributed by atoms with Gasteiger partial charge < -0.3 is 4.57 Å². The van der Waals surface area contributed by atoms with E-state index in [1.165, 1.54) is 49.1 Å². The van der Waals surface area contributed by atoms with Crippen molar-refractivity contribution in [1.82, 2.24) is 19.4 Å². The Morgan fingerprint density at radius 1 is 0.946 bits per heavy atom. The molecule has 3 heterocycles. The van der Waals surface area contributed by atoms with Gasteiger partial charge in [-0.25, -0.2) is 4.98 Å². The molecule has 0 bridgehead atoms. The third-order valence-corrected chi connectivity index (χ3v) is 8.61. The van der Waals surface area contributed by atoms with Gasteiger partial charge in [-0.3, -0.25) is 14.7 Å². The zero-order valence-corrected chi connectivity index (χ0v) is 21.8.